The second-order valence-corrected chi connectivity index (χ2v) is 9.81. The van der Waals surface area contributed by atoms with Gasteiger partial charge in [0.2, 0.25) is 11.8 Å². The molecule has 2 amide bonds. The van der Waals surface area contributed by atoms with Crippen molar-refractivity contribution in [3.05, 3.63) is 40.3 Å². The Bertz CT molecular complexity index is 1050. The maximum atomic E-state index is 13.2. The Balaban J connectivity index is 1.55. The molecular weight excluding hydrogens is 396 g/mol. The van der Waals surface area contributed by atoms with E-state index in [9.17, 15) is 14.9 Å². The van der Waals surface area contributed by atoms with Crippen LogP contribution in [0.25, 0.3) is 11.1 Å². The largest absolute Gasteiger partial charge is 0.373 e. The Morgan fingerprint density at radius 3 is 2.30 bits per heavy atom. The number of thiophene rings is 1. The van der Waals surface area contributed by atoms with E-state index >= 15 is 0 Å². The molecule has 5 rings (SSSR count). The Labute approximate surface area is 180 Å². The molecule has 0 saturated carbocycles. The van der Waals surface area contributed by atoms with Gasteiger partial charge in [-0.15, -0.1) is 11.3 Å². The monoisotopic (exact) mass is 420 g/mol. The Morgan fingerprint density at radius 2 is 1.77 bits per heavy atom. The predicted molar refractivity (Wildman–Crippen MR) is 115 cm³/mol. The number of imide groups is 1. The van der Waals surface area contributed by atoms with Crippen LogP contribution in [0.5, 0.6) is 0 Å². The van der Waals surface area contributed by atoms with Crippen LogP contribution in [-0.4, -0.2) is 24.0 Å². The Kier molecular flexibility index (Phi) is 4.57. The van der Waals surface area contributed by atoms with Crippen LogP contribution in [0.4, 0.5) is 5.00 Å². The highest BCUT2D eigenvalue weighted by molar-refractivity contribution is 7.17. The number of hydrogen-bond donors (Lipinski definition) is 0. The van der Waals surface area contributed by atoms with Crippen LogP contribution in [-0.2, 0) is 14.3 Å². The van der Waals surface area contributed by atoms with Crippen molar-refractivity contribution in [2.24, 2.45) is 11.8 Å². The molecule has 0 aliphatic carbocycles. The van der Waals surface area contributed by atoms with Crippen LogP contribution in [0, 0.1) is 30.1 Å². The summed E-state index contributed by atoms with van der Waals surface area (Å²) >= 11 is 1.36. The number of carbonyl (C=O) groups is 2. The minimum atomic E-state index is -0.386. The number of carbonyl (C=O) groups excluding carboxylic acids is 2. The van der Waals surface area contributed by atoms with Crippen molar-refractivity contribution in [3.63, 3.8) is 0 Å². The van der Waals surface area contributed by atoms with Crippen LogP contribution >= 0.6 is 11.3 Å². The molecule has 0 radical (unpaired) electrons. The lowest BCUT2D eigenvalue weighted by molar-refractivity contribution is -0.124. The average Bonchev–Trinajstić information content (AvgIpc) is 3.50. The number of ether oxygens (including phenoxy) is 1. The summed E-state index contributed by atoms with van der Waals surface area (Å²) in [4.78, 5) is 28.6. The van der Waals surface area contributed by atoms with E-state index in [2.05, 4.69) is 32.0 Å². The third-order valence-corrected chi connectivity index (χ3v) is 8.14. The lowest BCUT2D eigenvalue weighted by Crippen LogP contribution is -2.34. The van der Waals surface area contributed by atoms with Gasteiger partial charge in [-0.05, 0) is 43.2 Å². The molecule has 3 fully saturated rings. The molecule has 4 heterocycles. The van der Waals surface area contributed by atoms with Gasteiger partial charge in [-0.1, -0.05) is 38.1 Å². The predicted octanol–water partition coefficient (Wildman–Crippen LogP) is 4.78. The van der Waals surface area contributed by atoms with Crippen LogP contribution < -0.4 is 4.90 Å². The molecular formula is C24H24N2O3S. The third kappa shape index (κ3) is 2.62. The molecule has 1 aromatic heterocycles. The fraction of sp³-hybridized carbons (Fsp3) is 0.458. The number of anilines is 1. The summed E-state index contributed by atoms with van der Waals surface area (Å²) in [6, 6.07) is 10.6. The summed E-state index contributed by atoms with van der Waals surface area (Å²) in [6.07, 6.45) is 2.43. The van der Waals surface area contributed by atoms with Crippen LogP contribution in [0.3, 0.4) is 0 Å². The molecule has 3 aliphatic heterocycles. The molecule has 2 aromatic rings. The van der Waals surface area contributed by atoms with Gasteiger partial charge in [-0.3, -0.25) is 9.59 Å². The summed E-state index contributed by atoms with van der Waals surface area (Å²) in [7, 11) is 0. The number of rotatable bonds is 4. The van der Waals surface area contributed by atoms with Gasteiger partial charge in [0, 0.05) is 10.4 Å². The summed E-state index contributed by atoms with van der Waals surface area (Å²) in [5.74, 6) is -0.695. The quantitative estimate of drug-likeness (QED) is 0.668. The van der Waals surface area contributed by atoms with Crippen molar-refractivity contribution < 1.29 is 14.3 Å². The number of nitrogens with zero attached hydrogens (tertiary/aromatic N) is 2. The number of hydrogen-bond acceptors (Lipinski definition) is 5. The molecule has 0 unspecified atom stereocenters. The lowest BCUT2D eigenvalue weighted by atomic mass is 9.81. The van der Waals surface area contributed by atoms with Gasteiger partial charge in [-0.25, -0.2) is 4.90 Å². The first-order valence-corrected chi connectivity index (χ1v) is 11.4. The first-order chi connectivity index (χ1) is 14.5. The summed E-state index contributed by atoms with van der Waals surface area (Å²) < 4.78 is 5.83. The molecule has 1 aromatic carbocycles. The molecule has 0 spiro atoms. The van der Waals surface area contributed by atoms with E-state index in [0.29, 0.717) is 16.5 Å². The van der Waals surface area contributed by atoms with E-state index in [1.54, 1.807) is 0 Å². The van der Waals surface area contributed by atoms with Crippen molar-refractivity contribution in [1.82, 2.24) is 0 Å². The number of fused-ring (bicyclic) bond motifs is 5. The highest BCUT2D eigenvalue weighted by atomic mass is 32.1. The smallest absolute Gasteiger partial charge is 0.241 e. The molecule has 6 heteroatoms. The highest BCUT2D eigenvalue weighted by Gasteiger charge is 2.63. The molecule has 2 bridgehead atoms. The minimum Gasteiger partial charge on any atom is -0.373 e. The standard InChI is InChI=1S/C24H24N2O3S/c1-4-12(2)14-5-7-15(8-6-14)19-13(3)30-24(16(19)11-25)26-22(27)20-17-9-10-18(29-17)21(20)23(26)28/h5-8,12,17-18,20-21H,4,9-10H2,1-3H3/t12-,17-,18-,20-,21+/m0/s1. The number of aryl methyl sites for hydroxylation is 1. The van der Waals surface area contributed by atoms with Crippen molar-refractivity contribution in [2.75, 3.05) is 4.90 Å². The molecule has 5 nitrogen and oxygen atoms in total. The van der Waals surface area contributed by atoms with E-state index < -0.39 is 0 Å². The van der Waals surface area contributed by atoms with Crippen molar-refractivity contribution in [1.29, 1.82) is 5.26 Å². The lowest BCUT2D eigenvalue weighted by Gasteiger charge is -2.16. The summed E-state index contributed by atoms with van der Waals surface area (Å²) in [5.41, 5.74) is 3.45. The van der Waals surface area contributed by atoms with Crippen molar-refractivity contribution >= 4 is 28.2 Å². The number of nitriles is 1. The first kappa shape index (κ1) is 19.5. The first-order valence-electron chi connectivity index (χ1n) is 10.6. The Hall–Kier alpha value is -2.49. The van der Waals surface area contributed by atoms with E-state index in [0.717, 1.165) is 35.3 Å². The molecule has 154 valence electrons. The topological polar surface area (TPSA) is 70.4 Å². The molecule has 0 N–H and O–H groups in total. The minimum absolute atomic E-state index is 0.152. The second kappa shape index (κ2) is 7.04. The van der Waals surface area contributed by atoms with Crippen LogP contribution in [0.2, 0.25) is 0 Å². The van der Waals surface area contributed by atoms with E-state index in [-0.39, 0.29) is 35.9 Å². The van der Waals surface area contributed by atoms with E-state index in [1.807, 2.05) is 19.1 Å². The van der Waals surface area contributed by atoms with Crippen LogP contribution in [0.15, 0.2) is 24.3 Å². The van der Waals surface area contributed by atoms with Gasteiger partial charge in [-0.2, -0.15) is 5.26 Å². The second-order valence-electron chi connectivity index (χ2n) is 8.61. The zero-order chi connectivity index (χ0) is 21.2. The summed E-state index contributed by atoms with van der Waals surface area (Å²) in [5, 5.41) is 10.5. The van der Waals surface area contributed by atoms with Crippen LogP contribution in [0.1, 0.15) is 55.0 Å². The zero-order valence-corrected chi connectivity index (χ0v) is 18.2. The fourth-order valence-electron chi connectivity index (χ4n) is 5.27. The zero-order valence-electron chi connectivity index (χ0n) is 17.3. The fourth-order valence-corrected chi connectivity index (χ4v) is 6.40. The SMILES string of the molecule is CC[C@H](C)c1ccc(-c2c(C)sc(N3C(=O)[C@@H]4[C@H](C3=O)[C@@H]3CC[C@@H]4O3)c2C#N)cc1. The average molecular weight is 421 g/mol. The van der Waals surface area contributed by atoms with Gasteiger partial charge in [0.1, 0.15) is 11.1 Å². The number of amides is 2. The van der Waals surface area contributed by atoms with E-state index in [4.69, 9.17) is 4.74 Å². The van der Waals surface area contributed by atoms with Crippen molar-refractivity contribution in [2.45, 2.75) is 58.2 Å². The van der Waals surface area contributed by atoms with Gasteiger partial charge in [0.25, 0.3) is 0 Å². The maximum Gasteiger partial charge on any atom is 0.241 e. The highest BCUT2D eigenvalue weighted by Crippen LogP contribution is 2.52. The van der Waals surface area contributed by atoms with Gasteiger partial charge in [0.05, 0.1) is 29.6 Å². The van der Waals surface area contributed by atoms with Gasteiger partial charge in [0.15, 0.2) is 0 Å². The van der Waals surface area contributed by atoms with E-state index in [1.165, 1.54) is 21.8 Å². The third-order valence-electron chi connectivity index (χ3n) is 7.05. The summed E-state index contributed by atoms with van der Waals surface area (Å²) in [6.45, 7) is 6.31. The Morgan fingerprint density at radius 1 is 1.17 bits per heavy atom. The van der Waals surface area contributed by atoms with Gasteiger partial charge >= 0.3 is 0 Å². The van der Waals surface area contributed by atoms with Gasteiger partial charge < -0.3 is 4.74 Å². The molecule has 30 heavy (non-hydrogen) atoms. The van der Waals surface area contributed by atoms with Crippen molar-refractivity contribution in [3.8, 4) is 17.2 Å². The molecule has 3 aliphatic rings. The molecule has 3 saturated heterocycles. The normalized spacial score (nSPS) is 28.1. The number of benzene rings is 1. The molecule has 5 atom stereocenters. The maximum absolute atomic E-state index is 13.2.